The van der Waals surface area contributed by atoms with Gasteiger partial charge in [-0.1, -0.05) is 0 Å². The Bertz CT molecular complexity index is 188. The molecule has 3 rings (SSSR count). The molecule has 3 saturated heterocycles. The number of hydrogen-bond donors (Lipinski definition) is 2. The number of thiol groups is 1. The minimum Gasteiger partial charge on any atom is -0.300 e. The van der Waals surface area contributed by atoms with E-state index < -0.39 is 19.2 Å². The van der Waals surface area contributed by atoms with Crippen molar-refractivity contribution in [3.63, 3.8) is 0 Å². The Kier molecular flexibility index (Phi) is 0.934. The minimum atomic E-state index is -3.22. The molecule has 0 saturated carbocycles. The summed E-state index contributed by atoms with van der Waals surface area (Å²) in [5.41, 5.74) is 5.22. The summed E-state index contributed by atoms with van der Waals surface area (Å²) in [6.07, 6.45) is -0.841. The Morgan fingerprint density at radius 1 is 1.67 bits per heavy atom. The minimum absolute atomic E-state index is 0.841. The van der Waals surface area contributed by atoms with Crippen LogP contribution in [0, 0.1) is 0 Å². The molecule has 2 N–H and O–H groups in total. The van der Waals surface area contributed by atoms with E-state index >= 15 is 0 Å². The molecular formula is C2H4NO4PS. The maximum Gasteiger partial charge on any atom is 0.483 e. The molecule has 0 aliphatic carbocycles. The third-order valence-corrected chi connectivity index (χ3v) is 3.29. The molecule has 0 aromatic carbocycles. The van der Waals surface area contributed by atoms with Crippen LogP contribution < -0.4 is 5.73 Å². The van der Waals surface area contributed by atoms with E-state index in [0.29, 0.717) is 0 Å². The van der Waals surface area contributed by atoms with Crippen LogP contribution in [-0.2, 0) is 18.1 Å². The summed E-state index contributed by atoms with van der Waals surface area (Å²) >= 11 is 3.80. The van der Waals surface area contributed by atoms with Crippen LogP contribution in [0.5, 0.6) is 0 Å². The topological polar surface area (TPSA) is 70.8 Å². The molecule has 9 heavy (non-hydrogen) atoms. The van der Waals surface area contributed by atoms with Crippen molar-refractivity contribution < 1.29 is 18.1 Å². The molecule has 52 valence electrons. The lowest BCUT2D eigenvalue weighted by atomic mass is 10.6. The molecule has 0 aromatic rings. The van der Waals surface area contributed by atoms with Crippen LogP contribution in [0.15, 0.2) is 0 Å². The molecule has 3 aliphatic heterocycles. The number of rotatable bonds is 0. The van der Waals surface area contributed by atoms with Gasteiger partial charge in [-0.15, -0.1) is 12.6 Å². The first kappa shape index (κ1) is 6.15. The molecule has 0 aromatic heterocycles. The molecule has 3 aliphatic rings. The largest absolute Gasteiger partial charge is 0.483 e. The van der Waals surface area contributed by atoms with Crippen LogP contribution in [0.2, 0.25) is 0 Å². The maximum atomic E-state index is 10.7. The molecule has 7 heteroatoms. The fraction of sp³-hybridized carbons (Fsp3) is 1.00. The Balaban J connectivity index is 2.34. The van der Waals surface area contributed by atoms with Crippen LogP contribution in [0.1, 0.15) is 0 Å². The van der Waals surface area contributed by atoms with Gasteiger partial charge in [-0.2, -0.15) is 0 Å². The highest BCUT2D eigenvalue weighted by Gasteiger charge is 2.68. The standard InChI is InChI=1S/C2H4NO4PS/c3-1-2(9)6-8(4,5-1)7-2/h1,9H,3H2. The Morgan fingerprint density at radius 3 is 2.33 bits per heavy atom. The molecule has 3 fully saturated rings. The zero-order valence-electron chi connectivity index (χ0n) is 4.18. The fourth-order valence-corrected chi connectivity index (χ4v) is 2.78. The van der Waals surface area contributed by atoms with Crippen molar-refractivity contribution in [1.29, 1.82) is 0 Å². The first-order valence-corrected chi connectivity index (χ1v) is 4.13. The van der Waals surface area contributed by atoms with Crippen LogP contribution in [0.4, 0.5) is 0 Å². The lowest BCUT2D eigenvalue weighted by Crippen LogP contribution is -2.43. The first-order valence-electron chi connectivity index (χ1n) is 2.22. The van der Waals surface area contributed by atoms with Crippen molar-refractivity contribution in [2.75, 3.05) is 0 Å². The Labute approximate surface area is 56.5 Å². The van der Waals surface area contributed by atoms with Gasteiger partial charge in [-0.05, 0) is 0 Å². The highest BCUT2D eigenvalue weighted by atomic mass is 32.1. The maximum absolute atomic E-state index is 10.7. The highest BCUT2D eigenvalue weighted by molar-refractivity contribution is 7.82. The Hall–Kier alpha value is 0.420. The molecular weight excluding hydrogens is 165 g/mol. The van der Waals surface area contributed by atoms with Crippen LogP contribution in [-0.4, -0.2) is 11.3 Å². The molecule has 2 bridgehead atoms. The third kappa shape index (κ3) is 0.633. The van der Waals surface area contributed by atoms with E-state index in [1.54, 1.807) is 0 Å². The smallest absolute Gasteiger partial charge is 0.300 e. The predicted octanol–water partition coefficient (Wildman–Crippen LogP) is 0.0399. The summed E-state index contributed by atoms with van der Waals surface area (Å²) in [6, 6.07) is 0. The number of fused-ring (bicyclic) bond motifs is 1. The summed E-state index contributed by atoms with van der Waals surface area (Å²) in [6.45, 7) is 0. The van der Waals surface area contributed by atoms with Gasteiger partial charge in [0.25, 0.3) is 5.12 Å². The van der Waals surface area contributed by atoms with Gasteiger partial charge in [0.1, 0.15) is 0 Å². The summed E-state index contributed by atoms with van der Waals surface area (Å²) in [4.78, 5) is 0. The van der Waals surface area contributed by atoms with Gasteiger partial charge < -0.3 is 5.73 Å². The summed E-state index contributed by atoms with van der Waals surface area (Å²) in [5.74, 6) is 0. The lowest BCUT2D eigenvalue weighted by Gasteiger charge is -2.29. The van der Waals surface area contributed by atoms with Crippen molar-refractivity contribution in [3.05, 3.63) is 0 Å². The Morgan fingerprint density at radius 2 is 2.22 bits per heavy atom. The van der Waals surface area contributed by atoms with E-state index in [4.69, 9.17) is 5.73 Å². The summed E-state index contributed by atoms with van der Waals surface area (Å²) in [5, 5.41) is -1.25. The van der Waals surface area contributed by atoms with Crippen LogP contribution in [0.3, 0.4) is 0 Å². The van der Waals surface area contributed by atoms with Crippen molar-refractivity contribution in [2.24, 2.45) is 5.73 Å². The quantitative estimate of drug-likeness (QED) is 0.395. The van der Waals surface area contributed by atoms with Crippen molar-refractivity contribution in [2.45, 2.75) is 11.3 Å². The molecule has 5 nitrogen and oxygen atoms in total. The van der Waals surface area contributed by atoms with Crippen molar-refractivity contribution in [3.8, 4) is 0 Å². The van der Waals surface area contributed by atoms with Gasteiger partial charge in [0.2, 0.25) is 0 Å². The molecule has 0 radical (unpaired) electrons. The van der Waals surface area contributed by atoms with Crippen molar-refractivity contribution >= 4 is 20.5 Å². The average molecular weight is 169 g/mol. The normalized spacial score (nSPS) is 63.6. The summed E-state index contributed by atoms with van der Waals surface area (Å²) in [7, 11) is -3.22. The summed E-state index contributed by atoms with van der Waals surface area (Å²) < 4.78 is 24.4. The van der Waals surface area contributed by atoms with Gasteiger partial charge in [0, 0.05) is 0 Å². The monoisotopic (exact) mass is 169 g/mol. The molecule has 1 atom stereocenters. The number of hydrogen-bond acceptors (Lipinski definition) is 6. The second kappa shape index (κ2) is 1.37. The van der Waals surface area contributed by atoms with Gasteiger partial charge in [0.15, 0.2) is 6.23 Å². The van der Waals surface area contributed by atoms with Crippen molar-refractivity contribution in [1.82, 2.24) is 0 Å². The molecule has 0 spiro atoms. The van der Waals surface area contributed by atoms with E-state index in [-0.39, 0.29) is 0 Å². The molecule has 1 unspecified atom stereocenters. The van der Waals surface area contributed by atoms with E-state index in [1.807, 2.05) is 0 Å². The number of phosphoric acid groups is 1. The predicted molar refractivity (Wildman–Crippen MR) is 30.6 cm³/mol. The number of phosphoric ester groups is 1. The highest BCUT2D eigenvalue weighted by Crippen LogP contribution is 2.74. The fourth-order valence-electron chi connectivity index (χ4n) is 0.680. The zero-order chi connectivity index (χ0) is 6.70. The number of nitrogens with two attached hydrogens (primary N) is 1. The van der Waals surface area contributed by atoms with Gasteiger partial charge >= 0.3 is 7.82 Å². The van der Waals surface area contributed by atoms with E-state index in [0.717, 1.165) is 0 Å². The second-order valence-electron chi connectivity index (χ2n) is 1.79. The third-order valence-electron chi connectivity index (χ3n) is 1.09. The first-order chi connectivity index (χ1) is 4.04. The molecule has 0 amide bonds. The van der Waals surface area contributed by atoms with Crippen LogP contribution in [0.25, 0.3) is 0 Å². The van der Waals surface area contributed by atoms with Crippen LogP contribution >= 0.6 is 20.5 Å². The molecule has 3 heterocycles. The zero-order valence-corrected chi connectivity index (χ0v) is 5.97. The lowest BCUT2D eigenvalue weighted by molar-refractivity contribution is -0.102. The van der Waals surface area contributed by atoms with Gasteiger partial charge in [-0.25, -0.2) is 13.6 Å². The van der Waals surface area contributed by atoms with E-state index in [2.05, 4.69) is 26.2 Å². The second-order valence-corrected chi connectivity index (χ2v) is 3.88. The van der Waals surface area contributed by atoms with Gasteiger partial charge in [-0.3, -0.25) is 4.52 Å². The average Bonchev–Trinajstić information content (AvgIpc) is 1.85. The van der Waals surface area contributed by atoms with E-state index in [1.165, 1.54) is 0 Å². The van der Waals surface area contributed by atoms with E-state index in [9.17, 15) is 4.57 Å². The van der Waals surface area contributed by atoms with Gasteiger partial charge in [0.05, 0.1) is 0 Å². The SMILES string of the molecule is NC1OP2(=O)OC1(S)O2.